The number of primary sulfonamides is 1. The first kappa shape index (κ1) is 23.5. The third-order valence-corrected chi connectivity index (χ3v) is 5.58. The molecule has 0 radical (unpaired) electrons. The summed E-state index contributed by atoms with van der Waals surface area (Å²) in [6.07, 6.45) is -4.80. The summed E-state index contributed by atoms with van der Waals surface area (Å²) in [5.74, 6) is -3.59. The predicted octanol–water partition coefficient (Wildman–Crippen LogP) is 4.98. The quantitative estimate of drug-likeness (QED) is 0.530. The summed E-state index contributed by atoms with van der Waals surface area (Å²) in [5, 5.41) is 5.07. The summed E-state index contributed by atoms with van der Waals surface area (Å²) >= 11 is 0. The van der Waals surface area contributed by atoms with Crippen molar-refractivity contribution in [3.05, 3.63) is 65.7 Å². The first-order valence-electron chi connectivity index (χ1n) is 8.82. The van der Waals surface area contributed by atoms with Crippen LogP contribution in [0.15, 0.2) is 53.4 Å². The Morgan fingerprint density at radius 2 is 1.22 bits per heavy atom. The van der Waals surface area contributed by atoms with Crippen LogP contribution in [0.5, 0.6) is 11.5 Å². The van der Waals surface area contributed by atoms with Crippen LogP contribution in [0.1, 0.15) is 5.56 Å². The second-order valence-electron chi connectivity index (χ2n) is 6.63. The van der Waals surface area contributed by atoms with Gasteiger partial charge in [0, 0.05) is 0 Å². The highest BCUT2D eigenvalue weighted by atomic mass is 32.2. The van der Waals surface area contributed by atoms with Gasteiger partial charge in [0.1, 0.15) is 17.1 Å². The van der Waals surface area contributed by atoms with Gasteiger partial charge in [-0.25, -0.2) is 22.3 Å². The van der Waals surface area contributed by atoms with Crippen LogP contribution in [-0.2, 0) is 16.2 Å². The van der Waals surface area contributed by atoms with E-state index in [1.54, 1.807) is 0 Å². The number of benzene rings is 3. The molecule has 5 nitrogen and oxygen atoms in total. The molecule has 0 bridgehead atoms. The van der Waals surface area contributed by atoms with E-state index in [9.17, 15) is 30.4 Å². The molecular weight excluding hydrogens is 457 g/mol. The topological polar surface area (TPSA) is 78.6 Å². The Balaban J connectivity index is 2.29. The molecule has 3 rings (SSSR count). The number of halogens is 5. The van der Waals surface area contributed by atoms with Crippen LogP contribution < -0.4 is 14.6 Å². The van der Waals surface area contributed by atoms with Gasteiger partial charge in [0.2, 0.25) is 10.0 Å². The standard InChI is InChI=1S/C21H16F5NO4S/c1-30-18-7-12(8-19(31-2)20(18)21(24,25)26)15-10-17(23)16(22)9-14(15)11-3-5-13(6-4-11)32(27,28)29/h3-10H,1-2H3,(H2,27,28,29). The molecule has 2 N–H and O–H groups in total. The monoisotopic (exact) mass is 473 g/mol. The van der Waals surface area contributed by atoms with E-state index in [1.807, 2.05) is 0 Å². The number of hydrogen-bond acceptors (Lipinski definition) is 4. The number of sulfonamides is 1. The lowest BCUT2D eigenvalue weighted by Gasteiger charge is -2.19. The number of nitrogens with two attached hydrogens (primary N) is 1. The van der Waals surface area contributed by atoms with Gasteiger partial charge >= 0.3 is 6.18 Å². The molecule has 0 unspecified atom stereocenters. The van der Waals surface area contributed by atoms with Crippen molar-refractivity contribution in [2.75, 3.05) is 14.2 Å². The molecular formula is C21H16F5NO4S. The van der Waals surface area contributed by atoms with E-state index < -0.39 is 44.9 Å². The van der Waals surface area contributed by atoms with E-state index in [4.69, 9.17) is 14.6 Å². The van der Waals surface area contributed by atoms with Crippen molar-refractivity contribution in [1.82, 2.24) is 0 Å². The smallest absolute Gasteiger partial charge is 0.423 e. The Morgan fingerprint density at radius 3 is 1.59 bits per heavy atom. The lowest BCUT2D eigenvalue weighted by molar-refractivity contribution is -0.139. The van der Waals surface area contributed by atoms with Crippen molar-refractivity contribution in [3.63, 3.8) is 0 Å². The minimum Gasteiger partial charge on any atom is -0.496 e. The lowest BCUT2D eigenvalue weighted by Crippen LogP contribution is -2.11. The molecule has 0 atom stereocenters. The normalized spacial score (nSPS) is 12.0. The fourth-order valence-electron chi connectivity index (χ4n) is 3.20. The molecule has 170 valence electrons. The van der Waals surface area contributed by atoms with Crippen LogP contribution in [0.25, 0.3) is 22.3 Å². The summed E-state index contributed by atoms with van der Waals surface area (Å²) in [6.45, 7) is 0. The molecule has 3 aromatic rings. The Morgan fingerprint density at radius 1 is 0.781 bits per heavy atom. The zero-order valence-electron chi connectivity index (χ0n) is 16.6. The van der Waals surface area contributed by atoms with E-state index in [-0.39, 0.29) is 27.1 Å². The van der Waals surface area contributed by atoms with Crippen molar-refractivity contribution in [2.24, 2.45) is 5.14 Å². The van der Waals surface area contributed by atoms with Gasteiger partial charge in [-0.2, -0.15) is 13.2 Å². The SMILES string of the molecule is COc1cc(-c2cc(F)c(F)cc2-c2ccc(S(N)(=O)=O)cc2)cc(OC)c1C(F)(F)F. The van der Waals surface area contributed by atoms with Gasteiger partial charge in [-0.1, -0.05) is 12.1 Å². The molecule has 0 amide bonds. The average Bonchev–Trinajstić information content (AvgIpc) is 2.73. The first-order chi connectivity index (χ1) is 14.9. The van der Waals surface area contributed by atoms with Gasteiger partial charge in [-0.05, 0) is 58.7 Å². The van der Waals surface area contributed by atoms with Crippen molar-refractivity contribution < 1.29 is 39.8 Å². The number of methoxy groups -OCH3 is 2. The minimum atomic E-state index is -4.80. The average molecular weight is 473 g/mol. The molecule has 0 aliphatic rings. The predicted molar refractivity (Wildman–Crippen MR) is 107 cm³/mol. The third kappa shape index (κ3) is 4.53. The zero-order chi connectivity index (χ0) is 23.8. The van der Waals surface area contributed by atoms with Crippen molar-refractivity contribution >= 4 is 10.0 Å². The first-order valence-corrected chi connectivity index (χ1v) is 10.4. The number of alkyl halides is 3. The van der Waals surface area contributed by atoms with E-state index in [0.717, 1.165) is 38.5 Å². The van der Waals surface area contributed by atoms with E-state index >= 15 is 0 Å². The Hall–Kier alpha value is -3.18. The fourth-order valence-corrected chi connectivity index (χ4v) is 3.71. The number of rotatable bonds is 5. The minimum absolute atomic E-state index is 0.0255. The van der Waals surface area contributed by atoms with Crippen LogP contribution in [0.2, 0.25) is 0 Å². The maximum Gasteiger partial charge on any atom is 0.423 e. The van der Waals surface area contributed by atoms with Gasteiger partial charge in [0.05, 0.1) is 19.1 Å². The Labute approximate surface area is 180 Å². The third-order valence-electron chi connectivity index (χ3n) is 4.65. The largest absolute Gasteiger partial charge is 0.496 e. The molecule has 0 aliphatic heterocycles. The zero-order valence-corrected chi connectivity index (χ0v) is 17.4. The molecule has 0 saturated carbocycles. The number of hydrogen-bond donors (Lipinski definition) is 1. The molecule has 0 aromatic heterocycles. The number of ether oxygens (including phenoxy) is 2. The molecule has 0 spiro atoms. The highest BCUT2D eigenvalue weighted by Gasteiger charge is 2.38. The van der Waals surface area contributed by atoms with E-state index in [1.165, 1.54) is 24.3 Å². The molecule has 0 heterocycles. The molecule has 3 aromatic carbocycles. The Bertz CT molecular complexity index is 1250. The molecule has 0 aliphatic carbocycles. The highest BCUT2D eigenvalue weighted by Crippen LogP contribution is 2.46. The second kappa shape index (κ2) is 8.40. The molecule has 0 saturated heterocycles. The maximum absolute atomic E-state index is 14.1. The molecule has 0 fully saturated rings. The van der Waals surface area contributed by atoms with E-state index in [0.29, 0.717) is 0 Å². The van der Waals surface area contributed by atoms with Crippen LogP contribution in [0, 0.1) is 11.6 Å². The van der Waals surface area contributed by atoms with Crippen LogP contribution in [0.4, 0.5) is 22.0 Å². The summed E-state index contributed by atoms with van der Waals surface area (Å²) in [5.41, 5.74) is -0.723. The van der Waals surface area contributed by atoms with Crippen LogP contribution >= 0.6 is 0 Å². The highest BCUT2D eigenvalue weighted by molar-refractivity contribution is 7.89. The molecule has 11 heteroatoms. The maximum atomic E-state index is 14.1. The van der Waals surface area contributed by atoms with E-state index in [2.05, 4.69) is 0 Å². The summed E-state index contributed by atoms with van der Waals surface area (Å²) in [6, 6.07) is 8.70. The van der Waals surface area contributed by atoms with Crippen LogP contribution in [-0.4, -0.2) is 22.6 Å². The second-order valence-corrected chi connectivity index (χ2v) is 8.20. The Kier molecular flexibility index (Phi) is 6.16. The van der Waals surface area contributed by atoms with Crippen molar-refractivity contribution in [3.8, 4) is 33.8 Å². The van der Waals surface area contributed by atoms with Gasteiger partial charge in [0.25, 0.3) is 0 Å². The van der Waals surface area contributed by atoms with Gasteiger partial charge in [-0.15, -0.1) is 0 Å². The van der Waals surface area contributed by atoms with Gasteiger partial charge in [0.15, 0.2) is 11.6 Å². The molecule has 32 heavy (non-hydrogen) atoms. The fraction of sp³-hybridized carbons (Fsp3) is 0.143. The van der Waals surface area contributed by atoms with Crippen molar-refractivity contribution in [2.45, 2.75) is 11.1 Å². The van der Waals surface area contributed by atoms with Crippen LogP contribution in [0.3, 0.4) is 0 Å². The van der Waals surface area contributed by atoms with Gasteiger partial charge in [-0.3, -0.25) is 0 Å². The summed E-state index contributed by atoms with van der Waals surface area (Å²) in [4.78, 5) is -0.205. The summed E-state index contributed by atoms with van der Waals surface area (Å²) < 4.78 is 101. The van der Waals surface area contributed by atoms with Gasteiger partial charge < -0.3 is 9.47 Å². The van der Waals surface area contributed by atoms with Crippen molar-refractivity contribution in [1.29, 1.82) is 0 Å². The summed E-state index contributed by atoms with van der Waals surface area (Å²) in [7, 11) is -1.92. The lowest BCUT2D eigenvalue weighted by atomic mass is 9.93.